The quantitative estimate of drug-likeness (QED) is 0.819. The van der Waals surface area contributed by atoms with Crippen LogP contribution < -0.4 is 5.73 Å². The van der Waals surface area contributed by atoms with E-state index in [1.165, 1.54) is 58.2 Å². The standard InChI is InChI=1S/C15H30N2/c1-12-5-7-14(8-6-12)10-17-9-3-4-15(11-17)13(2)16/h12-15H,3-11,16H2,1-2H3. The topological polar surface area (TPSA) is 29.3 Å². The molecule has 2 N–H and O–H groups in total. The Kier molecular flexibility index (Phi) is 4.87. The molecule has 0 radical (unpaired) electrons. The summed E-state index contributed by atoms with van der Waals surface area (Å²) < 4.78 is 0. The van der Waals surface area contributed by atoms with Crippen molar-refractivity contribution in [1.29, 1.82) is 0 Å². The normalized spacial score (nSPS) is 37.9. The maximum atomic E-state index is 6.05. The van der Waals surface area contributed by atoms with E-state index in [0.717, 1.165) is 17.8 Å². The van der Waals surface area contributed by atoms with Crippen molar-refractivity contribution in [1.82, 2.24) is 4.90 Å². The first kappa shape index (κ1) is 13.4. The van der Waals surface area contributed by atoms with Gasteiger partial charge in [0.25, 0.3) is 0 Å². The summed E-state index contributed by atoms with van der Waals surface area (Å²) in [5, 5.41) is 0. The molecule has 0 aromatic carbocycles. The van der Waals surface area contributed by atoms with Crippen molar-refractivity contribution in [2.24, 2.45) is 23.5 Å². The van der Waals surface area contributed by atoms with Gasteiger partial charge in [-0.2, -0.15) is 0 Å². The lowest BCUT2D eigenvalue weighted by Gasteiger charge is -2.38. The summed E-state index contributed by atoms with van der Waals surface area (Å²) in [6.07, 6.45) is 8.52. The van der Waals surface area contributed by atoms with E-state index >= 15 is 0 Å². The highest BCUT2D eigenvalue weighted by molar-refractivity contribution is 4.81. The molecule has 0 spiro atoms. The first-order valence-corrected chi connectivity index (χ1v) is 7.63. The van der Waals surface area contributed by atoms with Gasteiger partial charge in [-0.05, 0) is 56.9 Å². The molecule has 0 bridgehead atoms. The monoisotopic (exact) mass is 238 g/mol. The summed E-state index contributed by atoms with van der Waals surface area (Å²) in [5.41, 5.74) is 6.05. The van der Waals surface area contributed by atoms with E-state index in [1.807, 2.05) is 0 Å². The van der Waals surface area contributed by atoms with E-state index in [-0.39, 0.29) is 0 Å². The smallest absolute Gasteiger partial charge is 0.00509 e. The minimum Gasteiger partial charge on any atom is -0.328 e. The molecule has 2 unspecified atom stereocenters. The maximum Gasteiger partial charge on any atom is 0.00509 e. The Morgan fingerprint density at radius 2 is 1.88 bits per heavy atom. The molecule has 2 fully saturated rings. The van der Waals surface area contributed by atoms with Crippen LogP contribution in [0.2, 0.25) is 0 Å². The van der Waals surface area contributed by atoms with E-state index in [4.69, 9.17) is 5.73 Å². The Morgan fingerprint density at radius 1 is 1.18 bits per heavy atom. The molecule has 2 rings (SSSR count). The molecule has 1 aliphatic heterocycles. The molecule has 2 nitrogen and oxygen atoms in total. The highest BCUT2D eigenvalue weighted by Gasteiger charge is 2.26. The first-order chi connectivity index (χ1) is 8.15. The molecule has 17 heavy (non-hydrogen) atoms. The largest absolute Gasteiger partial charge is 0.328 e. The summed E-state index contributed by atoms with van der Waals surface area (Å²) in [4.78, 5) is 2.69. The van der Waals surface area contributed by atoms with Crippen LogP contribution in [0.25, 0.3) is 0 Å². The molecular formula is C15H30N2. The highest BCUT2D eigenvalue weighted by Crippen LogP contribution is 2.30. The van der Waals surface area contributed by atoms with Gasteiger partial charge in [-0.3, -0.25) is 0 Å². The van der Waals surface area contributed by atoms with Gasteiger partial charge in [-0.15, -0.1) is 0 Å². The van der Waals surface area contributed by atoms with Crippen LogP contribution in [0.4, 0.5) is 0 Å². The molecule has 2 atom stereocenters. The van der Waals surface area contributed by atoms with Crippen molar-refractivity contribution >= 4 is 0 Å². The first-order valence-electron chi connectivity index (χ1n) is 7.63. The Morgan fingerprint density at radius 3 is 2.53 bits per heavy atom. The van der Waals surface area contributed by atoms with Crippen LogP contribution in [0.1, 0.15) is 52.4 Å². The second-order valence-electron chi connectivity index (χ2n) is 6.65. The van der Waals surface area contributed by atoms with Crippen molar-refractivity contribution in [3.05, 3.63) is 0 Å². The third kappa shape index (κ3) is 3.96. The van der Waals surface area contributed by atoms with E-state index < -0.39 is 0 Å². The molecule has 2 heteroatoms. The molecule has 100 valence electrons. The van der Waals surface area contributed by atoms with Gasteiger partial charge in [0, 0.05) is 19.1 Å². The fourth-order valence-corrected chi connectivity index (χ4v) is 3.56. The zero-order chi connectivity index (χ0) is 12.3. The van der Waals surface area contributed by atoms with Crippen LogP contribution in [0.5, 0.6) is 0 Å². The molecule has 2 aliphatic rings. The number of hydrogen-bond acceptors (Lipinski definition) is 2. The highest BCUT2D eigenvalue weighted by atomic mass is 15.1. The van der Waals surface area contributed by atoms with Crippen LogP contribution in [0.15, 0.2) is 0 Å². The van der Waals surface area contributed by atoms with Gasteiger partial charge in [0.1, 0.15) is 0 Å². The number of piperidine rings is 1. The van der Waals surface area contributed by atoms with Gasteiger partial charge < -0.3 is 10.6 Å². The summed E-state index contributed by atoms with van der Waals surface area (Å²) in [5.74, 6) is 2.69. The van der Waals surface area contributed by atoms with E-state index in [9.17, 15) is 0 Å². The molecule has 0 aromatic rings. The fourth-order valence-electron chi connectivity index (χ4n) is 3.56. The van der Waals surface area contributed by atoms with Crippen LogP contribution in [0.3, 0.4) is 0 Å². The number of nitrogens with zero attached hydrogens (tertiary/aromatic N) is 1. The van der Waals surface area contributed by atoms with Gasteiger partial charge >= 0.3 is 0 Å². The Bertz CT molecular complexity index is 219. The van der Waals surface area contributed by atoms with E-state index in [2.05, 4.69) is 18.7 Å². The SMILES string of the molecule is CC1CCC(CN2CCCC(C(C)N)C2)CC1. The number of likely N-dealkylation sites (tertiary alicyclic amines) is 1. The third-order valence-corrected chi connectivity index (χ3v) is 4.94. The average Bonchev–Trinajstić information content (AvgIpc) is 2.32. The summed E-state index contributed by atoms with van der Waals surface area (Å²) in [7, 11) is 0. The zero-order valence-electron chi connectivity index (χ0n) is 11.7. The predicted molar refractivity (Wildman–Crippen MR) is 73.9 cm³/mol. The molecule has 1 saturated carbocycles. The summed E-state index contributed by atoms with van der Waals surface area (Å²) >= 11 is 0. The van der Waals surface area contributed by atoms with Crippen LogP contribution in [-0.2, 0) is 0 Å². The molecular weight excluding hydrogens is 208 g/mol. The molecule has 0 amide bonds. The van der Waals surface area contributed by atoms with Crippen LogP contribution in [-0.4, -0.2) is 30.6 Å². The number of rotatable bonds is 3. The van der Waals surface area contributed by atoms with Crippen molar-refractivity contribution in [3.8, 4) is 0 Å². The number of nitrogens with two attached hydrogens (primary N) is 1. The summed E-state index contributed by atoms with van der Waals surface area (Å²) in [6, 6.07) is 0.379. The Balaban J connectivity index is 1.75. The lowest BCUT2D eigenvalue weighted by Crippen LogP contribution is -2.44. The van der Waals surface area contributed by atoms with Crippen LogP contribution in [0, 0.1) is 17.8 Å². The van der Waals surface area contributed by atoms with Crippen molar-refractivity contribution in [2.75, 3.05) is 19.6 Å². The van der Waals surface area contributed by atoms with E-state index in [1.54, 1.807) is 0 Å². The molecule has 0 aromatic heterocycles. The maximum absolute atomic E-state index is 6.05. The van der Waals surface area contributed by atoms with Gasteiger partial charge in [0.2, 0.25) is 0 Å². The second-order valence-corrected chi connectivity index (χ2v) is 6.65. The van der Waals surface area contributed by atoms with E-state index in [0.29, 0.717) is 6.04 Å². The van der Waals surface area contributed by atoms with Crippen molar-refractivity contribution < 1.29 is 0 Å². The zero-order valence-corrected chi connectivity index (χ0v) is 11.7. The Hall–Kier alpha value is -0.0800. The minimum atomic E-state index is 0.379. The molecule has 1 saturated heterocycles. The third-order valence-electron chi connectivity index (χ3n) is 4.94. The number of hydrogen-bond donors (Lipinski definition) is 1. The van der Waals surface area contributed by atoms with Gasteiger partial charge in [-0.1, -0.05) is 19.8 Å². The van der Waals surface area contributed by atoms with Crippen molar-refractivity contribution in [2.45, 2.75) is 58.4 Å². The van der Waals surface area contributed by atoms with Crippen molar-refractivity contribution in [3.63, 3.8) is 0 Å². The lowest BCUT2D eigenvalue weighted by molar-refractivity contribution is 0.122. The summed E-state index contributed by atoms with van der Waals surface area (Å²) in [6.45, 7) is 8.49. The second kappa shape index (κ2) is 6.19. The Labute approximate surface area is 107 Å². The van der Waals surface area contributed by atoms with Gasteiger partial charge in [-0.25, -0.2) is 0 Å². The lowest BCUT2D eigenvalue weighted by atomic mass is 9.82. The minimum absolute atomic E-state index is 0.379. The average molecular weight is 238 g/mol. The van der Waals surface area contributed by atoms with Crippen LogP contribution >= 0.6 is 0 Å². The fraction of sp³-hybridized carbons (Fsp3) is 1.00. The molecule has 1 aliphatic carbocycles. The molecule has 1 heterocycles. The van der Waals surface area contributed by atoms with Gasteiger partial charge in [0.05, 0.1) is 0 Å². The van der Waals surface area contributed by atoms with Gasteiger partial charge in [0.15, 0.2) is 0 Å². The predicted octanol–water partition coefficient (Wildman–Crippen LogP) is 2.87.